The van der Waals surface area contributed by atoms with Gasteiger partial charge in [0.15, 0.2) is 0 Å². The van der Waals surface area contributed by atoms with E-state index >= 15 is 0 Å². The maximum absolute atomic E-state index is 13.1. The first kappa shape index (κ1) is 20.0. The molecule has 0 saturated carbocycles. The third-order valence-corrected chi connectivity index (χ3v) is 6.39. The van der Waals surface area contributed by atoms with Crippen LogP contribution in [-0.2, 0) is 0 Å². The minimum Gasteiger partial charge on any atom is -0.497 e. The third kappa shape index (κ3) is 3.44. The third-order valence-electron chi connectivity index (χ3n) is 5.32. The minimum absolute atomic E-state index is 0.276. The maximum atomic E-state index is 13.1. The molecule has 160 valence electrons. The van der Waals surface area contributed by atoms with Crippen LogP contribution in [-0.4, -0.2) is 33.8 Å². The molecule has 5 aromatic rings. The molecule has 1 aromatic carbocycles. The number of carbonyl (C=O) groups excluding carboxylic acids is 1. The number of hydrogen-bond acceptors (Lipinski definition) is 5. The maximum Gasteiger partial charge on any atom is 0.283 e. The zero-order valence-electron chi connectivity index (χ0n) is 17.8. The minimum atomic E-state index is -0.276. The number of nitrogens with zero attached hydrogens (tertiary/aromatic N) is 3. The number of carbonyl (C=O) groups is 1. The topological polar surface area (TPSA) is 84.3 Å². The lowest BCUT2D eigenvalue weighted by molar-refractivity contribution is 0.0959. The van der Waals surface area contributed by atoms with Crippen LogP contribution >= 0.6 is 11.3 Å². The standard InChI is InChI=1S/C24H21N5O2S/c1-14-10-15(2)27-24-20(14)21(29-8-4-5-9-29)22(32-24)23(30)28-26-13-16-12-25-19-7-6-17(31-3)11-18(16)19/h4-13,25H,1-3H3,(H,28,30)/b26-13-. The van der Waals surface area contributed by atoms with Crippen LogP contribution in [0.25, 0.3) is 26.8 Å². The molecule has 2 N–H and O–H groups in total. The number of aromatic amines is 1. The molecule has 8 heteroatoms. The van der Waals surface area contributed by atoms with E-state index in [4.69, 9.17) is 4.74 Å². The zero-order chi connectivity index (χ0) is 22.2. The molecule has 7 nitrogen and oxygen atoms in total. The molecule has 0 spiro atoms. The Morgan fingerprint density at radius 2 is 2.06 bits per heavy atom. The molecule has 0 bridgehead atoms. The molecule has 0 aliphatic rings. The van der Waals surface area contributed by atoms with E-state index in [9.17, 15) is 4.79 Å². The van der Waals surface area contributed by atoms with Gasteiger partial charge >= 0.3 is 0 Å². The van der Waals surface area contributed by atoms with Crippen LogP contribution in [0.5, 0.6) is 5.75 Å². The van der Waals surface area contributed by atoms with Crippen molar-refractivity contribution in [3.63, 3.8) is 0 Å². The van der Waals surface area contributed by atoms with Crippen molar-refractivity contribution in [3.05, 3.63) is 76.7 Å². The molecule has 0 unspecified atom stereocenters. The SMILES string of the molecule is COc1ccc2[nH]cc(/C=N\NC(=O)c3sc4nc(C)cc(C)c4c3-n3cccc3)c2c1. The number of nitrogens with one attached hydrogen (secondary N) is 2. The molecule has 0 aliphatic heterocycles. The highest BCUT2D eigenvalue weighted by Crippen LogP contribution is 2.35. The lowest BCUT2D eigenvalue weighted by Gasteiger charge is -2.07. The average Bonchev–Trinajstić information content (AvgIpc) is 3.51. The number of hydrazone groups is 1. The Labute approximate surface area is 188 Å². The van der Waals surface area contributed by atoms with Crippen LogP contribution in [0.2, 0.25) is 0 Å². The number of H-pyrrole nitrogens is 1. The van der Waals surface area contributed by atoms with Gasteiger partial charge in [0, 0.05) is 46.1 Å². The van der Waals surface area contributed by atoms with Crippen molar-refractivity contribution in [3.8, 4) is 11.4 Å². The number of hydrogen-bond donors (Lipinski definition) is 2. The highest BCUT2D eigenvalue weighted by molar-refractivity contribution is 7.21. The summed E-state index contributed by atoms with van der Waals surface area (Å²) in [7, 11) is 1.63. The number of aromatic nitrogens is 3. The quantitative estimate of drug-likeness (QED) is 0.297. The molecule has 0 radical (unpaired) electrons. The molecule has 32 heavy (non-hydrogen) atoms. The summed E-state index contributed by atoms with van der Waals surface area (Å²) in [5, 5.41) is 6.17. The van der Waals surface area contributed by atoms with Crippen LogP contribution in [0.15, 0.2) is 60.1 Å². The van der Waals surface area contributed by atoms with Gasteiger partial charge in [0.25, 0.3) is 5.91 Å². The molecule has 1 amide bonds. The molecular weight excluding hydrogens is 422 g/mol. The normalized spacial score (nSPS) is 11.6. The van der Waals surface area contributed by atoms with E-state index in [-0.39, 0.29) is 5.91 Å². The fourth-order valence-electron chi connectivity index (χ4n) is 3.87. The smallest absolute Gasteiger partial charge is 0.283 e. The number of benzene rings is 1. The van der Waals surface area contributed by atoms with Gasteiger partial charge in [0.2, 0.25) is 0 Å². The molecule has 4 heterocycles. The first-order valence-corrected chi connectivity index (χ1v) is 10.9. The molecule has 0 atom stereocenters. The largest absolute Gasteiger partial charge is 0.497 e. The first-order chi connectivity index (χ1) is 15.5. The Balaban J connectivity index is 1.49. The lowest BCUT2D eigenvalue weighted by Crippen LogP contribution is -2.18. The second-order valence-corrected chi connectivity index (χ2v) is 8.48. The van der Waals surface area contributed by atoms with Crippen molar-refractivity contribution in [2.75, 3.05) is 7.11 Å². The van der Waals surface area contributed by atoms with Gasteiger partial charge in [-0.1, -0.05) is 0 Å². The number of rotatable bonds is 5. The first-order valence-electron chi connectivity index (χ1n) is 10.1. The molecule has 0 saturated heterocycles. The van der Waals surface area contributed by atoms with Crippen LogP contribution in [0.3, 0.4) is 0 Å². The van der Waals surface area contributed by atoms with Gasteiger partial charge in [0.1, 0.15) is 15.5 Å². The molecule has 5 rings (SSSR count). The molecule has 4 aromatic heterocycles. The van der Waals surface area contributed by atoms with Gasteiger partial charge in [-0.3, -0.25) is 4.79 Å². The van der Waals surface area contributed by atoms with E-state index in [2.05, 4.69) is 20.5 Å². The summed E-state index contributed by atoms with van der Waals surface area (Å²) in [6, 6.07) is 11.7. The number of pyridine rings is 1. The van der Waals surface area contributed by atoms with Gasteiger partial charge in [-0.25, -0.2) is 10.4 Å². The number of amides is 1. The van der Waals surface area contributed by atoms with Crippen LogP contribution < -0.4 is 10.2 Å². The highest BCUT2D eigenvalue weighted by Gasteiger charge is 2.22. The van der Waals surface area contributed by atoms with E-state index in [1.807, 2.05) is 73.4 Å². The van der Waals surface area contributed by atoms with E-state index in [1.54, 1.807) is 13.3 Å². The summed E-state index contributed by atoms with van der Waals surface area (Å²) in [6.07, 6.45) is 7.34. The number of methoxy groups -OCH3 is 1. The highest BCUT2D eigenvalue weighted by atomic mass is 32.1. The summed E-state index contributed by atoms with van der Waals surface area (Å²) in [5.74, 6) is 0.484. The summed E-state index contributed by atoms with van der Waals surface area (Å²) in [6.45, 7) is 4.00. The Morgan fingerprint density at radius 3 is 2.84 bits per heavy atom. The van der Waals surface area contributed by atoms with E-state index in [0.717, 1.165) is 49.4 Å². The average molecular weight is 444 g/mol. The van der Waals surface area contributed by atoms with Crippen molar-refractivity contribution >= 4 is 44.6 Å². The fourth-order valence-corrected chi connectivity index (χ4v) is 5.06. The van der Waals surface area contributed by atoms with Gasteiger partial charge in [0.05, 0.1) is 19.0 Å². The lowest BCUT2D eigenvalue weighted by atomic mass is 10.1. The summed E-state index contributed by atoms with van der Waals surface area (Å²) in [4.78, 5) is 22.4. The molecule has 0 aliphatic carbocycles. The Morgan fingerprint density at radius 1 is 1.25 bits per heavy atom. The zero-order valence-corrected chi connectivity index (χ0v) is 18.7. The number of thiophene rings is 1. The Hall–Kier alpha value is -3.91. The van der Waals surface area contributed by atoms with Gasteiger partial charge in [-0.15, -0.1) is 11.3 Å². The fraction of sp³-hybridized carbons (Fsp3) is 0.125. The molecular formula is C24H21N5O2S. The van der Waals surface area contributed by atoms with Crippen LogP contribution in [0.1, 0.15) is 26.5 Å². The number of fused-ring (bicyclic) bond motifs is 2. The van der Waals surface area contributed by atoms with Gasteiger partial charge in [-0.05, 0) is 55.8 Å². The van der Waals surface area contributed by atoms with Crippen LogP contribution in [0.4, 0.5) is 0 Å². The Kier molecular flexibility index (Phi) is 4.99. The summed E-state index contributed by atoms with van der Waals surface area (Å²) < 4.78 is 7.26. The number of aryl methyl sites for hydroxylation is 2. The van der Waals surface area contributed by atoms with Crippen molar-refractivity contribution in [1.82, 2.24) is 20.0 Å². The van der Waals surface area contributed by atoms with E-state index in [0.29, 0.717) is 4.88 Å². The van der Waals surface area contributed by atoms with Crippen molar-refractivity contribution in [2.24, 2.45) is 5.10 Å². The summed E-state index contributed by atoms with van der Waals surface area (Å²) >= 11 is 1.37. The van der Waals surface area contributed by atoms with Gasteiger partial charge < -0.3 is 14.3 Å². The second-order valence-electron chi connectivity index (χ2n) is 7.49. The van der Waals surface area contributed by atoms with Gasteiger partial charge in [-0.2, -0.15) is 5.10 Å². The second kappa shape index (κ2) is 7.97. The van der Waals surface area contributed by atoms with Crippen LogP contribution in [0, 0.1) is 13.8 Å². The van der Waals surface area contributed by atoms with E-state index in [1.165, 1.54) is 11.3 Å². The van der Waals surface area contributed by atoms with E-state index < -0.39 is 0 Å². The van der Waals surface area contributed by atoms with Crippen molar-refractivity contribution in [1.29, 1.82) is 0 Å². The van der Waals surface area contributed by atoms with Crippen molar-refractivity contribution in [2.45, 2.75) is 13.8 Å². The monoisotopic (exact) mass is 443 g/mol. The Bertz CT molecular complexity index is 1480. The predicted molar refractivity (Wildman–Crippen MR) is 128 cm³/mol. The number of ether oxygens (including phenoxy) is 1. The molecule has 0 fully saturated rings. The predicted octanol–water partition coefficient (Wildman–Crippen LogP) is 4.96. The summed E-state index contributed by atoms with van der Waals surface area (Å²) in [5.41, 5.74) is 7.34. The van der Waals surface area contributed by atoms with Crippen molar-refractivity contribution < 1.29 is 9.53 Å².